The maximum atomic E-state index is 5.35. The van der Waals surface area contributed by atoms with Crippen molar-refractivity contribution in [2.75, 3.05) is 5.32 Å². The molecular weight excluding hydrogens is 266 g/mol. The van der Waals surface area contributed by atoms with E-state index in [1.807, 2.05) is 18.2 Å². The summed E-state index contributed by atoms with van der Waals surface area (Å²) in [5.41, 5.74) is 4.69. The van der Waals surface area contributed by atoms with Crippen LogP contribution < -0.4 is 10.6 Å². The number of nitrogens with zero attached hydrogens (tertiary/aromatic N) is 1. The Morgan fingerprint density at radius 1 is 1.10 bits per heavy atom. The third kappa shape index (κ3) is 3.78. The molecule has 0 aliphatic heterocycles. The summed E-state index contributed by atoms with van der Waals surface area (Å²) < 4.78 is 0. The molecule has 4 heteroatoms. The fourth-order valence-electron chi connectivity index (χ4n) is 1.92. The van der Waals surface area contributed by atoms with Crippen LogP contribution in [0.15, 0.2) is 42.7 Å². The summed E-state index contributed by atoms with van der Waals surface area (Å²) in [6.07, 6.45) is 3.57. The number of thiocarbonyl (C=S) groups is 1. The van der Waals surface area contributed by atoms with E-state index in [0.29, 0.717) is 5.11 Å². The topological polar surface area (TPSA) is 37.0 Å². The van der Waals surface area contributed by atoms with Gasteiger partial charge in [0.2, 0.25) is 0 Å². The number of aryl methyl sites for hydroxylation is 2. The number of nitrogens with one attached hydrogen (secondary N) is 2. The average Bonchev–Trinajstić information content (AvgIpc) is 2.44. The van der Waals surface area contributed by atoms with E-state index in [0.717, 1.165) is 11.3 Å². The molecule has 0 bridgehead atoms. The Bertz CT molecular complexity index is 596. The summed E-state index contributed by atoms with van der Waals surface area (Å²) in [4.78, 5) is 4.02. The molecule has 1 atom stereocenters. The van der Waals surface area contributed by atoms with Crippen LogP contribution in [-0.4, -0.2) is 10.1 Å². The Labute approximate surface area is 125 Å². The van der Waals surface area contributed by atoms with Crippen LogP contribution in [0.2, 0.25) is 0 Å². The minimum atomic E-state index is 0.143. The summed E-state index contributed by atoms with van der Waals surface area (Å²) in [6, 6.07) is 10.3. The SMILES string of the molecule is Cc1ccc(NC(=S)N[C@@H](C)c2ccncc2)cc1C. The van der Waals surface area contributed by atoms with Gasteiger partial charge in [-0.3, -0.25) is 4.98 Å². The molecule has 0 unspecified atom stereocenters. The van der Waals surface area contributed by atoms with Gasteiger partial charge in [-0.15, -0.1) is 0 Å². The van der Waals surface area contributed by atoms with Gasteiger partial charge in [0.1, 0.15) is 0 Å². The van der Waals surface area contributed by atoms with Gasteiger partial charge >= 0.3 is 0 Å². The number of aromatic nitrogens is 1. The van der Waals surface area contributed by atoms with Crippen molar-refractivity contribution in [3.05, 3.63) is 59.4 Å². The zero-order chi connectivity index (χ0) is 14.5. The van der Waals surface area contributed by atoms with Gasteiger partial charge < -0.3 is 10.6 Å². The molecule has 20 heavy (non-hydrogen) atoms. The van der Waals surface area contributed by atoms with Crippen molar-refractivity contribution in [1.29, 1.82) is 0 Å². The van der Waals surface area contributed by atoms with Crippen LogP contribution in [0.1, 0.15) is 29.7 Å². The molecule has 1 aromatic heterocycles. The van der Waals surface area contributed by atoms with Crippen LogP contribution in [0.3, 0.4) is 0 Å². The molecule has 0 fully saturated rings. The Morgan fingerprint density at radius 3 is 2.45 bits per heavy atom. The van der Waals surface area contributed by atoms with Crippen molar-refractivity contribution in [2.45, 2.75) is 26.8 Å². The average molecular weight is 285 g/mol. The predicted molar refractivity (Wildman–Crippen MR) is 87.9 cm³/mol. The van der Waals surface area contributed by atoms with Crippen molar-refractivity contribution >= 4 is 23.0 Å². The minimum absolute atomic E-state index is 0.143. The number of benzene rings is 1. The molecule has 0 saturated carbocycles. The smallest absolute Gasteiger partial charge is 0.171 e. The molecule has 0 amide bonds. The van der Waals surface area contributed by atoms with Crippen LogP contribution in [-0.2, 0) is 0 Å². The van der Waals surface area contributed by atoms with Crippen molar-refractivity contribution in [1.82, 2.24) is 10.3 Å². The molecular formula is C16H19N3S. The van der Waals surface area contributed by atoms with Gasteiger partial charge in [-0.2, -0.15) is 0 Å². The standard InChI is InChI=1S/C16H19N3S/c1-11-4-5-15(10-12(11)2)19-16(20)18-13(3)14-6-8-17-9-7-14/h4-10,13H,1-3H3,(H2,18,19,20)/t13-/m0/s1. The van der Waals surface area contributed by atoms with E-state index in [1.165, 1.54) is 11.1 Å². The number of anilines is 1. The molecule has 1 aromatic carbocycles. The molecule has 0 aliphatic carbocycles. The van der Waals surface area contributed by atoms with Crippen LogP contribution in [0.4, 0.5) is 5.69 Å². The largest absolute Gasteiger partial charge is 0.356 e. The highest BCUT2D eigenvalue weighted by atomic mass is 32.1. The number of rotatable bonds is 3. The molecule has 0 saturated heterocycles. The Morgan fingerprint density at radius 2 is 1.80 bits per heavy atom. The molecule has 1 heterocycles. The lowest BCUT2D eigenvalue weighted by atomic mass is 10.1. The minimum Gasteiger partial charge on any atom is -0.356 e. The second-order valence-electron chi connectivity index (χ2n) is 4.90. The van der Waals surface area contributed by atoms with E-state index in [9.17, 15) is 0 Å². The van der Waals surface area contributed by atoms with E-state index in [-0.39, 0.29) is 6.04 Å². The van der Waals surface area contributed by atoms with E-state index >= 15 is 0 Å². The van der Waals surface area contributed by atoms with Gasteiger partial charge in [0, 0.05) is 18.1 Å². The lowest BCUT2D eigenvalue weighted by Gasteiger charge is -2.17. The monoisotopic (exact) mass is 285 g/mol. The molecule has 2 N–H and O–H groups in total. The highest BCUT2D eigenvalue weighted by Gasteiger charge is 2.06. The van der Waals surface area contributed by atoms with Gasteiger partial charge in [-0.1, -0.05) is 6.07 Å². The summed E-state index contributed by atoms with van der Waals surface area (Å²) in [5.74, 6) is 0. The molecule has 0 radical (unpaired) electrons. The fourth-order valence-corrected chi connectivity index (χ4v) is 2.21. The summed E-state index contributed by atoms with van der Waals surface area (Å²) >= 11 is 5.35. The van der Waals surface area contributed by atoms with Crippen molar-refractivity contribution in [2.24, 2.45) is 0 Å². The van der Waals surface area contributed by atoms with Crippen LogP contribution in [0, 0.1) is 13.8 Å². The number of hydrogen-bond acceptors (Lipinski definition) is 2. The number of hydrogen-bond donors (Lipinski definition) is 2. The molecule has 0 spiro atoms. The first-order valence-electron chi connectivity index (χ1n) is 6.61. The summed E-state index contributed by atoms with van der Waals surface area (Å²) in [7, 11) is 0. The van der Waals surface area contributed by atoms with Crippen LogP contribution in [0.5, 0.6) is 0 Å². The summed E-state index contributed by atoms with van der Waals surface area (Å²) in [6.45, 7) is 6.27. The molecule has 104 valence electrons. The van der Waals surface area contributed by atoms with Gasteiger partial charge in [0.15, 0.2) is 5.11 Å². The van der Waals surface area contributed by atoms with E-state index in [4.69, 9.17) is 12.2 Å². The predicted octanol–water partition coefficient (Wildman–Crippen LogP) is 3.75. The second kappa shape index (κ2) is 6.48. The van der Waals surface area contributed by atoms with Crippen LogP contribution >= 0.6 is 12.2 Å². The highest BCUT2D eigenvalue weighted by molar-refractivity contribution is 7.80. The first-order chi connectivity index (χ1) is 9.56. The van der Waals surface area contributed by atoms with Crippen molar-refractivity contribution in [3.8, 4) is 0 Å². The fraction of sp³-hybridized carbons (Fsp3) is 0.250. The second-order valence-corrected chi connectivity index (χ2v) is 5.31. The Balaban J connectivity index is 1.97. The first kappa shape index (κ1) is 14.5. The number of pyridine rings is 1. The van der Waals surface area contributed by atoms with Crippen molar-refractivity contribution in [3.63, 3.8) is 0 Å². The molecule has 2 rings (SSSR count). The quantitative estimate of drug-likeness (QED) is 0.842. The van der Waals surface area contributed by atoms with Gasteiger partial charge in [0.25, 0.3) is 0 Å². The molecule has 0 aliphatic rings. The van der Waals surface area contributed by atoms with Crippen LogP contribution in [0.25, 0.3) is 0 Å². The third-order valence-corrected chi connectivity index (χ3v) is 3.54. The Kier molecular flexibility index (Phi) is 4.69. The van der Waals surface area contributed by atoms with Gasteiger partial charge in [-0.05, 0) is 73.9 Å². The lowest BCUT2D eigenvalue weighted by Crippen LogP contribution is -2.30. The van der Waals surface area contributed by atoms with Gasteiger partial charge in [0.05, 0.1) is 6.04 Å². The first-order valence-corrected chi connectivity index (χ1v) is 7.02. The zero-order valence-electron chi connectivity index (χ0n) is 12.0. The van der Waals surface area contributed by atoms with E-state index in [2.05, 4.69) is 48.5 Å². The van der Waals surface area contributed by atoms with Gasteiger partial charge in [-0.25, -0.2) is 0 Å². The van der Waals surface area contributed by atoms with E-state index in [1.54, 1.807) is 12.4 Å². The molecule has 3 nitrogen and oxygen atoms in total. The van der Waals surface area contributed by atoms with E-state index < -0.39 is 0 Å². The van der Waals surface area contributed by atoms with Crippen molar-refractivity contribution < 1.29 is 0 Å². The third-order valence-electron chi connectivity index (χ3n) is 3.32. The highest BCUT2D eigenvalue weighted by Crippen LogP contribution is 2.15. The molecule has 2 aromatic rings. The Hall–Kier alpha value is -1.94. The zero-order valence-corrected chi connectivity index (χ0v) is 12.8. The summed E-state index contributed by atoms with van der Waals surface area (Å²) in [5, 5.41) is 7.11. The lowest BCUT2D eigenvalue weighted by molar-refractivity contribution is 0.721. The maximum Gasteiger partial charge on any atom is 0.171 e. The normalized spacial score (nSPS) is 11.8. The maximum absolute atomic E-state index is 5.35.